The highest BCUT2D eigenvalue weighted by atomic mass is 16.5. The predicted octanol–water partition coefficient (Wildman–Crippen LogP) is 3.85. The van der Waals surface area contributed by atoms with E-state index in [2.05, 4.69) is 10.3 Å². The Bertz CT molecular complexity index is 877. The summed E-state index contributed by atoms with van der Waals surface area (Å²) in [7, 11) is 0. The second-order valence-electron chi connectivity index (χ2n) is 7.50. The summed E-state index contributed by atoms with van der Waals surface area (Å²) in [4.78, 5) is 31.0. The Morgan fingerprint density at radius 2 is 2.15 bits per heavy atom. The standard InChI is InChI=1S/C21H23N3O3/c1-3-21(2)11-18(25)16-10-15(7-8-19(16)27-21)23-20(26)24-12-14(13-24)17-6-4-5-9-22-17/h4-10,14H,3,11-13H2,1-2H3,(H,23,26). The SMILES string of the molecule is CCC1(C)CC(=O)c2cc(NC(=O)N3CC(c4ccccn4)C3)ccc2O1. The minimum atomic E-state index is -0.451. The minimum absolute atomic E-state index is 0.0517. The summed E-state index contributed by atoms with van der Waals surface area (Å²) in [5, 5.41) is 2.88. The highest BCUT2D eigenvalue weighted by Crippen LogP contribution is 2.36. The second kappa shape index (κ2) is 6.68. The summed E-state index contributed by atoms with van der Waals surface area (Å²) in [6, 6.07) is 10.9. The highest BCUT2D eigenvalue weighted by Gasteiger charge is 2.36. The number of pyridine rings is 1. The summed E-state index contributed by atoms with van der Waals surface area (Å²) in [5.74, 6) is 0.922. The molecule has 1 aromatic carbocycles. The van der Waals surface area contributed by atoms with Gasteiger partial charge < -0.3 is 15.0 Å². The zero-order valence-corrected chi connectivity index (χ0v) is 15.6. The van der Waals surface area contributed by atoms with Crippen LogP contribution in [0.25, 0.3) is 0 Å². The van der Waals surface area contributed by atoms with Crippen molar-refractivity contribution in [1.82, 2.24) is 9.88 Å². The molecule has 1 unspecified atom stereocenters. The molecule has 1 N–H and O–H groups in total. The lowest BCUT2D eigenvalue weighted by Gasteiger charge is -2.38. The average Bonchev–Trinajstić information content (AvgIpc) is 2.62. The Hall–Kier alpha value is -2.89. The Kier molecular flexibility index (Phi) is 4.34. The first-order valence-electron chi connectivity index (χ1n) is 9.30. The van der Waals surface area contributed by atoms with Gasteiger partial charge in [0.05, 0.1) is 12.0 Å². The van der Waals surface area contributed by atoms with Crippen molar-refractivity contribution in [2.45, 2.75) is 38.2 Å². The quantitative estimate of drug-likeness (QED) is 0.897. The molecule has 0 radical (unpaired) electrons. The van der Waals surface area contributed by atoms with E-state index < -0.39 is 5.60 Å². The first-order valence-corrected chi connectivity index (χ1v) is 9.30. The third-order valence-corrected chi connectivity index (χ3v) is 5.44. The van der Waals surface area contributed by atoms with Crippen molar-refractivity contribution in [2.24, 2.45) is 0 Å². The van der Waals surface area contributed by atoms with Crippen LogP contribution in [-0.4, -0.2) is 40.4 Å². The molecule has 0 bridgehead atoms. The molecule has 0 spiro atoms. The van der Waals surface area contributed by atoms with Crippen molar-refractivity contribution in [3.8, 4) is 5.75 Å². The van der Waals surface area contributed by atoms with Gasteiger partial charge in [0.15, 0.2) is 5.78 Å². The van der Waals surface area contributed by atoms with E-state index in [4.69, 9.17) is 4.74 Å². The maximum Gasteiger partial charge on any atom is 0.321 e. The van der Waals surface area contributed by atoms with Crippen molar-refractivity contribution in [3.63, 3.8) is 0 Å². The number of hydrogen-bond donors (Lipinski definition) is 1. The van der Waals surface area contributed by atoms with Crippen LogP contribution >= 0.6 is 0 Å². The molecule has 6 heteroatoms. The minimum Gasteiger partial charge on any atom is -0.486 e. The van der Waals surface area contributed by atoms with Crippen molar-refractivity contribution in [3.05, 3.63) is 53.9 Å². The molecule has 4 rings (SSSR count). The van der Waals surface area contributed by atoms with Crippen LogP contribution in [0.5, 0.6) is 5.75 Å². The van der Waals surface area contributed by atoms with E-state index in [1.54, 1.807) is 29.3 Å². The Morgan fingerprint density at radius 3 is 2.85 bits per heavy atom. The van der Waals surface area contributed by atoms with Crippen LogP contribution in [0, 0.1) is 0 Å². The van der Waals surface area contributed by atoms with E-state index in [1.165, 1.54) is 0 Å². The van der Waals surface area contributed by atoms with Crippen LogP contribution in [0.3, 0.4) is 0 Å². The molecule has 1 fully saturated rings. The molecule has 140 valence electrons. The maximum absolute atomic E-state index is 12.5. The maximum atomic E-state index is 12.5. The fraction of sp³-hybridized carbons (Fsp3) is 0.381. The molecule has 2 aliphatic rings. The Labute approximate surface area is 158 Å². The lowest BCUT2D eigenvalue weighted by atomic mass is 9.89. The number of Topliss-reactive ketones (excluding diaryl/α,β-unsaturated/α-hetero) is 1. The molecule has 2 aliphatic heterocycles. The van der Waals surface area contributed by atoms with Crippen LogP contribution in [0.1, 0.15) is 48.7 Å². The van der Waals surface area contributed by atoms with E-state index in [9.17, 15) is 9.59 Å². The number of hydrogen-bond acceptors (Lipinski definition) is 4. The monoisotopic (exact) mass is 365 g/mol. The van der Waals surface area contributed by atoms with Crippen LogP contribution in [0.15, 0.2) is 42.6 Å². The number of urea groups is 1. The molecule has 1 atom stereocenters. The molecule has 2 amide bonds. The van der Waals surface area contributed by atoms with Crippen LogP contribution in [0.2, 0.25) is 0 Å². The number of carbonyl (C=O) groups is 2. The lowest BCUT2D eigenvalue weighted by molar-refractivity contribution is 0.0499. The van der Waals surface area contributed by atoms with Gasteiger partial charge in [-0.25, -0.2) is 4.79 Å². The number of ketones is 1. The molecular formula is C21H23N3O3. The summed E-state index contributed by atoms with van der Waals surface area (Å²) < 4.78 is 5.99. The van der Waals surface area contributed by atoms with E-state index in [0.717, 1.165) is 12.1 Å². The number of nitrogens with zero attached hydrogens (tertiary/aromatic N) is 2. The summed E-state index contributed by atoms with van der Waals surface area (Å²) >= 11 is 0. The molecule has 27 heavy (non-hydrogen) atoms. The normalized spacial score (nSPS) is 21.9. The number of likely N-dealkylation sites (tertiary alicyclic amines) is 1. The molecule has 1 aromatic heterocycles. The fourth-order valence-electron chi connectivity index (χ4n) is 3.50. The Balaban J connectivity index is 1.40. The fourth-order valence-corrected chi connectivity index (χ4v) is 3.50. The van der Waals surface area contributed by atoms with Crippen LogP contribution < -0.4 is 10.1 Å². The number of ether oxygens (including phenoxy) is 1. The van der Waals surface area contributed by atoms with Gasteiger partial charge in [0, 0.05) is 36.6 Å². The summed E-state index contributed by atoms with van der Waals surface area (Å²) in [6.45, 7) is 5.25. The Morgan fingerprint density at radius 1 is 1.33 bits per heavy atom. The van der Waals surface area contributed by atoms with Crippen molar-refractivity contribution in [1.29, 1.82) is 0 Å². The van der Waals surface area contributed by atoms with Crippen molar-refractivity contribution >= 4 is 17.5 Å². The van der Waals surface area contributed by atoms with Gasteiger partial charge in [0.1, 0.15) is 11.4 Å². The lowest BCUT2D eigenvalue weighted by Crippen LogP contribution is -2.50. The number of fused-ring (bicyclic) bond motifs is 1. The number of aromatic nitrogens is 1. The van der Waals surface area contributed by atoms with Gasteiger partial charge >= 0.3 is 6.03 Å². The van der Waals surface area contributed by atoms with Gasteiger partial charge in [-0.15, -0.1) is 0 Å². The topological polar surface area (TPSA) is 71.5 Å². The van der Waals surface area contributed by atoms with Gasteiger partial charge in [0.2, 0.25) is 0 Å². The zero-order valence-electron chi connectivity index (χ0n) is 15.6. The van der Waals surface area contributed by atoms with E-state index >= 15 is 0 Å². The number of rotatable bonds is 3. The number of amides is 2. The van der Waals surface area contributed by atoms with Crippen LogP contribution in [0.4, 0.5) is 10.5 Å². The van der Waals surface area contributed by atoms with Crippen molar-refractivity contribution < 1.29 is 14.3 Å². The predicted molar refractivity (Wildman–Crippen MR) is 102 cm³/mol. The van der Waals surface area contributed by atoms with Gasteiger partial charge in [-0.05, 0) is 43.7 Å². The molecule has 6 nitrogen and oxygen atoms in total. The van der Waals surface area contributed by atoms with Crippen molar-refractivity contribution in [2.75, 3.05) is 18.4 Å². The summed E-state index contributed by atoms with van der Waals surface area (Å²) in [6.07, 6.45) is 2.89. The van der Waals surface area contributed by atoms with E-state index in [1.807, 2.05) is 32.0 Å². The third-order valence-electron chi connectivity index (χ3n) is 5.44. The van der Waals surface area contributed by atoms with Gasteiger partial charge in [-0.3, -0.25) is 9.78 Å². The molecule has 1 saturated heterocycles. The van der Waals surface area contributed by atoms with Gasteiger partial charge in [-0.2, -0.15) is 0 Å². The molecule has 3 heterocycles. The third kappa shape index (κ3) is 3.39. The molecule has 0 saturated carbocycles. The number of nitrogens with one attached hydrogen (secondary N) is 1. The molecule has 0 aliphatic carbocycles. The second-order valence-corrected chi connectivity index (χ2v) is 7.50. The molecular weight excluding hydrogens is 342 g/mol. The van der Waals surface area contributed by atoms with E-state index in [-0.39, 0.29) is 17.7 Å². The zero-order chi connectivity index (χ0) is 19.0. The highest BCUT2D eigenvalue weighted by molar-refractivity contribution is 6.02. The van der Waals surface area contributed by atoms with E-state index in [0.29, 0.717) is 36.5 Å². The number of anilines is 1. The first kappa shape index (κ1) is 17.5. The number of carbonyl (C=O) groups excluding carboxylic acids is 2. The van der Waals surface area contributed by atoms with Crippen LogP contribution in [-0.2, 0) is 0 Å². The first-order chi connectivity index (χ1) is 13.0. The van der Waals surface area contributed by atoms with Gasteiger partial charge in [0.25, 0.3) is 0 Å². The van der Waals surface area contributed by atoms with Gasteiger partial charge in [-0.1, -0.05) is 13.0 Å². The molecule has 2 aromatic rings. The smallest absolute Gasteiger partial charge is 0.321 e. The number of benzene rings is 1. The largest absolute Gasteiger partial charge is 0.486 e. The average molecular weight is 365 g/mol. The summed E-state index contributed by atoms with van der Waals surface area (Å²) in [5.41, 5.74) is 1.70.